The number of fused-ring (bicyclic) bond motifs is 1. The monoisotopic (exact) mass is 391 g/mol. The number of benzene rings is 1. The van der Waals surface area contributed by atoms with E-state index < -0.39 is 23.4 Å². The summed E-state index contributed by atoms with van der Waals surface area (Å²) in [5.74, 6) is -2.49. The molecule has 0 aliphatic carbocycles. The van der Waals surface area contributed by atoms with Crippen molar-refractivity contribution in [2.75, 3.05) is 36.8 Å². The summed E-state index contributed by atoms with van der Waals surface area (Å²) >= 11 is 0. The number of aromatic nitrogens is 1. The summed E-state index contributed by atoms with van der Waals surface area (Å²) in [7, 11) is 3.89. The van der Waals surface area contributed by atoms with Gasteiger partial charge in [-0.1, -0.05) is 0 Å². The van der Waals surface area contributed by atoms with E-state index in [0.717, 1.165) is 11.0 Å². The molecular formula is C18H19F2N5O3. The van der Waals surface area contributed by atoms with Crippen LogP contribution in [0.1, 0.15) is 18.1 Å². The summed E-state index contributed by atoms with van der Waals surface area (Å²) in [5, 5.41) is 7.94. The van der Waals surface area contributed by atoms with Gasteiger partial charge in [0.2, 0.25) is 0 Å². The number of amides is 2. The molecule has 8 nitrogen and oxygen atoms in total. The minimum atomic E-state index is -1.03. The molecule has 0 saturated heterocycles. The number of nitrogens with two attached hydrogens (primary N) is 1. The van der Waals surface area contributed by atoms with E-state index in [0.29, 0.717) is 16.8 Å². The molecule has 3 N–H and O–H groups in total. The molecule has 0 fully saturated rings. The van der Waals surface area contributed by atoms with Crippen molar-refractivity contribution in [3.8, 4) is 11.5 Å². The molecule has 1 aromatic carbocycles. The van der Waals surface area contributed by atoms with Crippen LogP contribution in [0.4, 0.5) is 30.8 Å². The standard InChI is InChI=1S/C18H19F2N5O3/c1-8(21)12-15-9(6-23-17(12)22)7-25(18(26)24(15)2)16-13(19)10(27-3)5-11(28-4)14(16)20/h5-6,21H,7H2,1-4H3,(H2,22,23). The van der Waals surface area contributed by atoms with Gasteiger partial charge in [-0.25, -0.2) is 18.6 Å². The van der Waals surface area contributed by atoms with Gasteiger partial charge in [-0.2, -0.15) is 0 Å². The van der Waals surface area contributed by atoms with Crippen molar-refractivity contribution in [2.24, 2.45) is 0 Å². The van der Waals surface area contributed by atoms with Crippen molar-refractivity contribution < 1.29 is 23.0 Å². The Labute approximate surface area is 160 Å². The molecule has 148 valence electrons. The highest BCUT2D eigenvalue weighted by Gasteiger charge is 2.37. The molecule has 2 amide bonds. The third kappa shape index (κ3) is 2.77. The van der Waals surface area contributed by atoms with Crippen molar-refractivity contribution in [3.05, 3.63) is 35.0 Å². The lowest BCUT2D eigenvalue weighted by molar-refractivity contribution is 0.250. The summed E-state index contributed by atoms with van der Waals surface area (Å²) in [6.07, 6.45) is 1.42. The van der Waals surface area contributed by atoms with E-state index in [9.17, 15) is 13.6 Å². The number of pyridine rings is 1. The smallest absolute Gasteiger partial charge is 0.329 e. The molecule has 0 unspecified atom stereocenters. The molecule has 0 spiro atoms. The van der Waals surface area contributed by atoms with E-state index in [1.54, 1.807) is 0 Å². The third-order valence-electron chi connectivity index (χ3n) is 4.53. The van der Waals surface area contributed by atoms with Crippen molar-refractivity contribution in [2.45, 2.75) is 13.5 Å². The minimum Gasteiger partial charge on any atom is -0.493 e. The second-order valence-corrected chi connectivity index (χ2v) is 6.20. The quantitative estimate of drug-likeness (QED) is 0.780. The molecule has 3 rings (SSSR count). The van der Waals surface area contributed by atoms with Crippen LogP contribution in [0.3, 0.4) is 0 Å². The van der Waals surface area contributed by atoms with Crippen LogP contribution < -0.4 is 25.0 Å². The van der Waals surface area contributed by atoms with E-state index in [1.807, 2.05) is 0 Å². The Morgan fingerprint density at radius 1 is 1.21 bits per heavy atom. The number of carbonyl (C=O) groups excluding carboxylic acids is 1. The summed E-state index contributed by atoms with van der Waals surface area (Å²) in [6.45, 7) is 1.35. The van der Waals surface area contributed by atoms with Gasteiger partial charge in [0, 0.05) is 30.6 Å². The first-order valence-corrected chi connectivity index (χ1v) is 8.20. The Balaban J connectivity index is 2.22. The van der Waals surface area contributed by atoms with Gasteiger partial charge >= 0.3 is 6.03 Å². The van der Waals surface area contributed by atoms with Gasteiger partial charge in [0.15, 0.2) is 23.1 Å². The second-order valence-electron chi connectivity index (χ2n) is 6.20. The highest BCUT2D eigenvalue weighted by atomic mass is 19.1. The first-order chi connectivity index (χ1) is 13.2. The van der Waals surface area contributed by atoms with Crippen molar-refractivity contribution in [3.63, 3.8) is 0 Å². The lowest BCUT2D eigenvalue weighted by Crippen LogP contribution is -2.47. The average molecular weight is 391 g/mol. The summed E-state index contributed by atoms with van der Waals surface area (Å²) in [4.78, 5) is 19.2. The Bertz CT molecular complexity index is 968. The number of nitrogens with one attached hydrogen (secondary N) is 1. The lowest BCUT2D eigenvalue weighted by atomic mass is 10.0. The zero-order valence-corrected chi connectivity index (χ0v) is 15.8. The third-order valence-corrected chi connectivity index (χ3v) is 4.53. The maximum absolute atomic E-state index is 14.9. The van der Waals surface area contributed by atoms with Gasteiger partial charge in [0.1, 0.15) is 11.5 Å². The number of urea groups is 1. The molecule has 1 aliphatic rings. The van der Waals surface area contributed by atoms with Gasteiger partial charge in [0.25, 0.3) is 0 Å². The molecule has 0 saturated carbocycles. The highest BCUT2D eigenvalue weighted by molar-refractivity contribution is 6.13. The Kier molecular flexibility index (Phi) is 4.80. The number of methoxy groups -OCH3 is 2. The van der Waals surface area contributed by atoms with E-state index >= 15 is 0 Å². The van der Waals surface area contributed by atoms with Crippen LogP contribution in [-0.2, 0) is 6.54 Å². The number of halogens is 2. The predicted molar refractivity (Wildman–Crippen MR) is 101 cm³/mol. The van der Waals surface area contributed by atoms with Crippen LogP contribution in [0, 0.1) is 17.0 Å². The highest BCUT2D eigenvalue weighted by Crippen LogP contribution is 2.41. The number of nitrogen functional groups attached to an aromatic ring is 1. The molecule has 10 heteroatoms. The number of hydrogen-bond acceptors (Lipinski definition) is 6. The van der Waals surface area contributed by atoms with Gasteiger partial charge in [-0.05, 0) is 6.92 Å². The largest absolute Gasteiger partial charge is 0.493 e. The molecule has 1 aliphatic heterocycles. The first kappa shape index (κ1) is 19.3. The van der Waals surface area contributed by atoms with Gasteiger partial charge in [0.05, 0.1) is 32.0 Å². The molecule has 1 aromatic heterocycles. The van der Waals surface area contributed by atoms with E-state index in [4.69, 9.17) is 20.6 Å². The van der Waals surface area contributed by atoms with E-state index in [2.05, 4.69) is 4.98 Å². The first-order valence-electron chi connectivity index (χ1n) is 8.20. The molecular weight excluding hydrogens is 372 g/mol. The fourth-order valence-electron chi connectivity index (χ4n) is 3.22. The number of rotatable bonds is 4. The summed E-state index contributed by atoms with van der Waals surface area (Å²) < 4.78 is 39.6. The van der Waals surface area contributed by atoms with Crippen LogP contribution in [0.25, 0.3) is 0 Å². The zero-order valence-electron chi connectivity index (χ0n) is 15.8. The number of nitrogens with zero attached hydrogens (tertiary/aromatic N) is 3. The second kappa shape index (κ2) is 6.95. The van der Waals surface area contributed by atoms with E-state index in [1.165, 1.54) is 39.3 Å². The Morgan fingerprint density at radius 3 is 2.29 bits per heavy atom. The minimum absolute atomic E-state index is 0.0970. The zero-order chi connectivity index (χ0) is 20.7. The van der Waals surface area contributed by atoms with Crippen molar-refractivity contribution >= 4 is 28.9 Å². The SMILES string of the molecule is COc1cc(OC)c(F)c(N2Cc3cnc(N)c(C(C)=N)c3N(C)C2=O)c1F. The normalized spacial score (nSPS) is 13.4. The lowest BCUT2D eigenvalue weighted by Gasteiger charge is -2.36. The maximum Gasteiger partial charge on any atom is 0.329 e. The predicted octanol–water partition coefficient (Wildman–Crippen LogP) is 2.92. The number of anilines is 3. The Hall–Kier alpha value is -3.43. The van der Waals surface area contributed by atoms with E-state index in [-0.39, 0.29) is 29.6 Å². The molecule has 2 aromatic rings. The summed E-state index contributed by atoms with van der Waals surface area (Å²) in [5.41, 5.74) is 6.57. The number of hydrogen-bond donors (Lipinski definition) is 2. The summed E-state index contributed by atoms with van der Waals surface area (Å²) in [6, 6.07) is 0.368. The van der Waals surface area contributed by atoms with Crippen LogP contribution in [0.15, 0.2) is 12.3 Å². The van der Waals surface area contributed by atoms with Crippen LogP contribution in [0.2, 0.25) is 0 Å². The molecule has 28 heavy (non-hydrogen) atoms. The van der Waals surface area contributed by atoms with Crippen molar-refractivity contribution in [1.82, 2.24) is 4.98 Å². The van der Waals surface area contributed by atoms with Crippen molar-refractivity contribution in [1.29, 1.82) is 5.41 Å². The topological polar surface area (TPSA) is 105 Å². The molecule has 0 radical (unpaired) electrons. The molecule has 0 bridgehead atoms. The number of carbonyl (C=O) groups is 1. The van der Waals surface area contributed by atoms with Gasteiger partial charge < -0.3 is 20.6 Å². The Morgan fingerprint density at radius 2 is 1.79 bits per heavy atom. The maximum atomic E-state index is 14.9. The fraction of sp³-hybridized carbons (Fsp3) is 0.278. The van der Waals surface area contributed by atoms with Gasteiger partial charge in [-0.15, -0.1) is 0 Å². The fourth-order valence-corrected chi connectivity index (χ4v) is 3.22. The molecule has 0 atom stereocenters. The number of ether oxygens (including phenoxy) is 2. The van der Waals surface area contributed by atoms with Crippen LogP contribution >= 0.6 is 0 Å². The van der Waals surface area contributed by atoms with Crippen LogP contribution in [-0.4, -0.2) is 38.0 Å². The van der Waals surface area contributed by atoms with Crippen LogP contribution in [0.5, 0.6) is 11.5 Å². The van der Waals surface area contributed by atoms with Gasteiger partial charge in [-0.3, -0.25) is 9.80 Å². The molecule has 2 heterocycles. The average Bonchev–Trinajstić information content (AvgIpc) is 2.66.